The zero-order chi connectivity index (χ0) is 58.3. The quantitative estimate of drug-likeness (QED) is 0.141. The zero-order valence-electron chi connectivity index (χ0n) is 50.3. The number of aliphatic hydroxyl groups excluding tert-OH is 2. The fourth-order valence-electron chi connectivity index (χ4n) is 16.7. The van der Waals surface area contributed by atoms with Crippen LogP contribution in [-0.2, 0) is 57.3 Å². The van der Waals surface area contributed by atoms with Gasteiger partial charge in [-0.3, -0.25) is 0 Å². The lowest BCUT2D eigenvalue weighted by molar-refractivity contribution is 0.0120. The Balaban J connectivity index is 0.000000105. The highest BCUT2D eigenvalue weighted by Gasteiger charge is 2.57. The Hall–Kier alpha value is -5.82. The fourth-order valence-corrected chi connectivity index (χ4v) is 16.7. The zero-order valence-corrected chi connectivity index (χ0v) is 50.3. The molecule has 4 N–H and O–H groups in total. The molecule has 8 heterocycles. The second-order valence-corrected chi connectivity index (χ2v) is 25.8. The van der Waals surface area contributed by atoms with Crippen molar-refractivity contribution in [2.24, 2.45) is 0 Å². The molecule has 12 aliphatic rings. The highest BCUT2D eigenvalue weighted by molar-refractivity contribution is 5.64. The number of aromatic hydroxyl groups is 1. The predicted molar refractivity (Wildman–Crippen MR) is 319 cm³/mol. The van der Waals surface area contributed by atoms with E-state index in [2.05, 4.69) is 89.7 Å². The van der Waals surface area contributed by atoms with Crippen molar-refractivity contribution < 1.29 is 58.0 Å². The van der Waals surface area contributed by atoms with Gasteiger partial charge in [-0.05, 0) is 132 Å². The summed E-state index contributed by atoms with van der Waals surface area (Å²) < 4.78 is 52.7. The van der Waals surface area contributed by atoms with E-state index in [0.717, 1.165) is 145 Å². The summed E-state index contributed by atoms with van der Waals surface area (Å²) in [5, 5.41) is 33.7. The van der Waals surface area contributed by atoms with Crippen LogP contribution >= 0.6 is 0 Å². The van der Waals surface area contributed by atoms with E-state index >= 15 is 0 Å². The van der Waals surface area contributed by atoms with Gasteiger partial charge < -0.3 is 78.0 Å². The van der Waals surface area contributed by atoms with Crippen LogP contribution < -0.4 is 38.5 Å². The Morgan fingerprint density at radius 2 is 0.940 bits per heavy atom. The van der Waals surface area contributed by atoms with Crippen molar-refractivity contribution in [3.8, 4) is 46.0 Å². The lowest BCUT2D eigenvalue weighted by atomic mass is 9.65. The molecule has 1 fully saturated rings. The third-order valence-electron chi connectivity index (χ3n) is 21.1. The normalized spacial score (nSPS) is 33.8. The minimum Gasteiger partial charge on any atom is -0.504 e. The second-order valence-electron chi connectivity index (χ2n) is 25.8. The van der Waals surface area contributed by atoms with E-state index in [1.165, 1.54) is 44.5 Å². The first-order chi connectivity index (χ1) is 40.7. The van der Waals surface area contributed by atoms with Crippen molar-refractivity contribution in [2.45, 2.75) is 161 Å². The number of nitrogens with zero attached hydrogens (tertiary/aromatic N) is 3. The monoisotopic (exact) mass is 1150 g/mol. The molecule has 4 aromatic rings. The van der Waals surface area contributed by atoms with Crippen molar-refractivity contribution in [1.82, 2.24) is 20.0 Å². The van der Waals surface area contributed by atoms with Gasteiger partial charge in [-0.25, -0.2) is 0 Å². The van der Waals surface area contributed by atoms with Crippen LogP contribution in [0, 0.1) is 0 Å². The standard InChI is InChI=1S/C18H23NO3.C17H21NO3.C17H23NO3.C16H19NO3/c1-19-9-8-18-7-6-13(20-2)10-15(18)22-17-14(21-3)5-4-12(11-19)16(17)18;1-18-8-7-17-6-5-12(20-2)9-14(17)21-16-13(19)4-3-11(10-18)15(16)17;1-18-8-7-17-6-5-12(19)9-14(17)21-16-13(20-2)4-3-11(10-18)15(16)17;1-19-12-3-2-10-9-17-7-6-16-5-4-11(18)8-13(16)20-15(12)14(10)16/h4-7,13,15H,8-11H2,1-3H3;3-6,12,14,19H,7-10H2,1-2H3;3-4,12,14,19H,5-10H2,1-2H3;2-5,11,13,17-18H,6-9H2,1H3. The van der Waals surface area contributed by atoms with Gasteiger partial charge in [0.05, 0.1) is 62.0 Å². The van der Waals surface area contributed by atoms with Crippen LogP contribution in [0.3, 0.4) is 0 Å². The van der Waals surface area contributed by atoms with E-state index in [0.29, 0.717) is 12.2 Å². The highest BCUT2D eigenvalue weighted by Crippen LogP contribution is 2.60. The molecule has 4 spiro atoms. The van der Waals surface area contributed by atoms with E-state index in [1.54, 1.807) is 41.6 Å². The maximum atomic E-state index is 10.2. The van der Waals surface area contributed by atoms with Gasteiger partial charge >= 0.3 is 0 Å². The Labute approximate surface area is 495 Å². The van der Waals surface area contributed by atoms with Crippen LogP contribution in [0.15, 0.2) is 85.0 Å². The third-order valence-corrected chi connectivity index (χ3v) is 21.1. The summed E-state index contributed by atoms with van der Waals surface area (Å²) in [7, 11) is 15.1. The number of phenolic OH excluding ortho intramolecular Hbond substituents is 1. The van der Waals surface area contributed by atoms with Crippen molar-refractivity contribution in [3.63, 3.8) is 0 Å². The Morgan fingerprint density at radius 1 is 0.488 bits per heavy atom. The van der Waals surface area contributed by atoms with E-state index in [4.69, 9.17) is 42.6 Å². The van der Waals surface area contributed by atoms with Gasteiger partial charge in [0.2, 0.25) is 0 Å². The van der Waals surface area contributed by atoms with Gasteiger partial charge in [0.1, 0.15) is 24.4 Å². The molecule has 0 saturated heterocycles. The summed E-state index contributed by atoms with van der Waals surface area (Å²) in [5.41, 5.74) is 10.3. The number of hydrogen-bond donors (Lipinski definition) is 4. The van der Waals surface area contributed by atoms with Crippen LogP contribution in [0.4, 0.5) is 0 Å². The van der Waals surface area contributed by atoms with Crippen molar-refractivity contribution in [1.29, 1.82) is 0 Å². The predicted octanol–water partition coefficient (Wildman–Crippen LogP) is 8.29. The fraction of sp³-hybridized carbons (Fsp3) is 0.559. The number of rotatable bonds is 5. The molecule has 12 unspecified atom stereocenters. The van der Waals surface area contributed by atoms with E-state index < -0.39 is 6.10 Å². The maximum Gasteiger partial charge on any atom is 0.166 e. The number of aliphatic hydroxyl groups is 2. The largest absolute Gasteiger partial charge is 0.504 e. The molecule has 4 aromatic carbocycles. The third kappa shape index (κ3) is 9.39. The van der Waals surface area contributed by atoms with Gasteiger partial charge in [-0.2, -0.15) is 0 Å². The van der Waals surface area contributed by atoms with Gasteiger partial charge in [0.25, 0.3) is 0 Å². The molecule has 0 radical (unpaired) electrons. The summed E-state index contributed by atoms with van der Waals surface area (Å²) in [6.45, 7) is 7.82. The second kappa shape index (κ2) is 22.5. The molecule has 8 aliphatic heterocycles. The number of hydrogen-bond acceptors (Lipinski definition) is 16. The molecular weight excluding hydrogens is 1060 g/mol. The van der Waals surface area contributed by atoms with Gasteiger partial charge in [-0.15, -0.1) is 0 Å². The van der Waals surface area contributed by atoms with Crippen molar-refractivity contribution in [3.05, 3.63) is 129 Å². The topological polar surface area (TPSA) is 166 Å². The summed E-state index contributed by atoms with van der Waals surface area (Å²) >= 11 is 0. The average Bonchev–Trinajstić information content (AvgIpc) is 1.90. The molecule has 16 nitrogen and oxygen atoms in total. The maximum absolute atomic E-state index is 10.2. The number of nitrogens with one attached hydrogen (secondary N) is 1. The molecule has 84 heavy (non-hydrogen) atoms. The molecule has 0 amide bonds. The van der Waals surface area contributed by atoms with Gasteiger partial charge in [-0.1, -0.05) is 60.7 Å². The Morgan fingerprint density at radius 3 is 1.51 bits per heavy atom. The van der Waals surface area contributed by atoms with Crippen LogP contribution in [0.1, 0.15) is 109 Å². The highest BCUT2D eigenvalue weighted by atomic mass is 16.5. The summed E-state index contributed by atoms with van der Waals surface area (Å²) in [6, 6.07) is 16.4. The Kier molecular flexibility index (Phi) is 15.3. The number of ether oxygens (including phenoxy) is 9. The Bertz CT molecular complexity index is 3240. The average molecular weight is 1150 g/mol. The smallest absolute Gasteiger partial charge is 0.166 e. The molecule has 16 heteroatoms. The molecular formula is C68H86N4O12. The van der Waals surface area contributed by atoms with Crippen LogP contribution in [0.5, 0.6) is 46.0 Å². The van der Waals surface area contributed by atoms with E-state index in [1.807, 2.05) is 30.3 Å². The number of methoxy groups -OCH3 is 5. The molecule has 0 aromatic heterocycles. The molecule has 4 aliphatic carbocycles. The number of benzene rings is 4. The minimum atomic E-state index is -0.411. The first-order valence-corrected chi connectivity index (χ1v) is 30.6. The summed E-state index contributed by atoms with van der Waals surface area (Å²) in [5.74, 6) is 6.18. The van der Waals surface area contributed by atoms with Crippen LogP contribution in [0.25, 0.3) is 0 Å². The summed E-state index contributed by atoms with van der Waals surface area (Å²) in [4.78, 5) is 7.12. The van der Waals surface area contributed by atoms with Gasteiger partial charge in [0, 0.05) is 93.8 Å². The SMILES string of the molecule is COC1C=CC23CCN(C)Cc4ccc(O)c(c42)OC3C1.COc1ccc2c3c1OC1CC(O)C=CC31CCNC2.COc1ccc2c3c1OC1CC(O)CCC31CCN(C)C2.COc1ccc2c3c1OC1CC(OC)C=CC31CCN(C)C2. The van der Waals surface area contributed by atoms with E-state index in [9.17, 15) is 15.3 Å². The first kappa shape index (κ1) is 57.3. The van der Waals surface area contributed by atoms with Crippen LogP contribution in [-0.4, -0.2) is 162 Å². The number of phenols is 1. The molecule has 12 atom stereocenters. The molecule has 450 valence electrons. The van der Waals surface area contributed by atoms with Crippen molar-refractivity contribution >= 4 is 0 Å². The minimum absolute atomic E-state index is 0.00690. The first-order valence-electron chi connectivity index (χ1n) is 30.6. The molecule has 0 bridgehead atoms. The van der Waals surface area contributed by atoms with Crippen molar-refractivity contribution in [2.75, 3.05) is 82.9 Å². The lowest BCUT2D eigenvalue weighted by Gasteiger charge is -2.40. The molecule has 16 rings (SSSR count). The van der Waals surface area contributed by atoms with E-state index in [-0.39, 0.29) is 70.1 Å². The summed E-state index contributed by atoms with van der Waals surface area (Å²) in [6.07, 6.45) is 22.2. The van der Waals surface area contributed by atoms with Crippen LogP contribution in [0.2, 0.25) is 0 Å². The van der Waals surface area contributed by atoms with Gasteiger partial charge in [0.15, 0.2) is 46.0 Å². The lowest BCUT2D eigenvalue weighted by Crippen LogP contribution is -2.45. The molecule has 1 saturated carbocycles.